The van der Waals surface area contributed by atoms with Crippen LogP contribution in [-0.2, 0) is 11.2 Å². The van der Waals surface area contributed by atoms with E-state index in [0.717, 1.165) is 0 Å². The van der Waals surface area contributed by atoms with E-state index in [2.05, 4.69) is 11.8 Å². The van der Waals surface area contributed by atoms with Gasteiger partial charge < -0.3 is 10.2 Å². The van der Waals surface area contributed by atoms with Crippen LogP contribution < -0.4 is 0 Å². The molecule has 108 valence electrons. The number of fused-ring (bicyclic) bond motifs is 2. The Kier molecular flexibility index (Phi) is 3.25. The lowest BCUT2D eigenvalue weighted by molar-refractivity contribution is 0.0948. The minimum Gasteiger partial charge on any atom is -0.369 e. The summed E-state index contributed by atoms with van der Waals surface area (Å²) in [6.07, 6.45) is 11.2. The molecule has 2 aromatic carbocycles. The van der Waals surface area contributed by atoms with Crippen LogP contribution in [0.3, 0.4) is 0 Å². The quantitative estimate of drug-likeness (QED) is 0.730. The van der Waals surface area contributed by atoms with Crippen LogP contribution >= 0.6 is 23.2 Å². The molecule has 2 nitrogen and oxygen atoms in total. The van der Waals surface area contributed by atoms with Gasteiger partial charge in [0.25, 0.3) is 0 Å². The highest BCUT2D eigenvalue weighted by atomic mass is 35.5. The molecule has 0 amide bonds. The Morgan fingerprint density at radius 3 is 1.45 bits per heavy atom. The van der Waals surface area contributed by atoms with Gasteiger partial charge in [-0.25, -0.2) is 0 Å². The molecule has 0 saturated heterocycles. The fourth-order valence-corrected chi connectivity index (χ4v) is 3.58. The Bertz CT molecular complexity index is 802. The molecule has 0 saturated carbocycles. The molecule has 2 atom stereocenters. The van der Waals surface area contributed by atoms with Crippen molar-refractivity contribution in [1.29, 1.82) is 0 Å². The predicted octanol–water partition coefficient (Wildman–Crippen LogP) is 3.05. The van der Waals surface area contributed by atoms with Crippen LogP contribution in [0.25, 0.3) is 0 Å². The van der Waals surface area contributed by atoms with Gasteiger partial charge in [0.2, 0.25) is 0 Å². The van der Waals surface area contributed by atoms with E-state index < -0.39 is 11.2 Å². The minimum atomic E-state index is -1.82. The molecule has 2 N–H and O–H groups in total. The summed E-state index contributed by atoms with van der Waals surface area (Å²) in [7, 11) is 0. The van der Waals surface area contributed by atoms with Crippen LogP contribution in [0.15, 0.2) is 36.4 Å². The van der Waals surface area contributed by atoms with E-state index in [1.807, 2.05) is 0 Å². The number of halogens is 2. The standard InChI is InChI=1S/C18H10Cl2O2/c1-3-17(21)11-7-5-10-14(20)16(11)18(22,4-2)12-8-6-9-13(19)15(12)17/h1-2,5-10,21-22H/t17-,18-/m1/s1. The first-order chi connectivity index (χ1) is 10.4. The van der Waals surface area contributed by atoms with Crippen molar-refractivity contribution in [3.05, 3.63) is 68.7 Å². The highest BCUT2D eigenvalue weighted by molar-refractivity contribution is 6.32. The first-order valence-corrected chi connectivity index (χ1v) is 7.15. The van der Waals surface area contributed by atoms with E-state index >= 15 is 0 Å². The number of benzene rings is 2. The van der Waals surface area contributed by atoms with Gasteiger partial charge in [0, 0.05) is 32.3 Å². The molecule has 1 aliphatic rings. The van der Waals surface area contributed by atoms with Gasteiger partial charge in [0.1, 0.15) is 0 Å². The predicted molar refractivity (Wildman–Crippen MR) is 86.6 cm³/mol. The van der Waals surface area contributed by atoms with Crippen LogP contribution in [-0.4, -0.2) is 10.2 Å². The number of aliphatic hydroxyl groups is 2. The average Bonchev–Trinajstić information content (AvgIpc) is 2.52. The summed E-state index contributed by atoms with van der Waals surface area (Å²) >= 11 is 12.5. The lowest BCUT2D eigenvalue weighted by Gasteiger charge is -2.40. The smallest absolute Gasteiger partial charge is 0.178 e. The fraction of sp³-hybridized carbons (Fsp3) is 0.111. The molecule has 22 heavy (non-hydrogen) atoms. The lowest BCUT2D eigenvalue weighted by Crippen LogP contribution is -2.42. The van der Waals surface area contributed by atoms with E-state index in [4.69, 9.17) is 36.0 Å². The van der Waals surface area contributed by atoms with E-state index in [1.54, 1.807) is 36.4 Å². The van der Waals surface area contributed by atoms with E-state index in [9.17, 15) is 10.2 Å². The molecule has 2 aromatic rings. The van der Waals surface area contributed by atoms with Crippen molar-refractivity contribution < 1.29 is 10.2 Å². The van der Waals surface area contributed by atoms with Crippen molar-refractivity contribution in [3.63, 3.8) is 0 Å². The van der Waals surface area contributed by atoms with E-state index in [0.29, 0.717) is 0 Å². The molecular weight excluding hydrogens is 319 g/mol. The SMILES string of the molecule is C#C[C@@]1(O)c2cccc(Cl)c2[C@@](O)(C#C)c2cccc(Cl)c21. The number of terminal acetylenes is 2. The fourth-order valence-electron chi connectivity index (χ4n) is 2.96. The monoisotopic (exact) mass is 328 g/mol. The lowest BCUT2D eigenvalue weighted by atomic mass is 9.68. The van der Waals surface area contributed by atoms with Gasteiger partial charge in [-0.2, -0.15) is 0 Å². The molecule has 0 bridgehead atoms. The normalized spacial score (nSPS) is 25.5. The van der Waals surface area contributed by atoms with Gasteiger partial charge in [-0.05, 0) is 12.1 Å². The molecule has 0 radical (unpaired) electrons. The molecule has 1 aliphatic carbocycles. The molecule has 0 aromatic heterocycles. The van der Waals surface area contributed by atoms with Gasteiger partial charge >= 0.3 is 0 Å². The number of hydrogen-bond acceptors (Lipinski definition) is 2. The van der Waals surface area contributed by atoms with Crippen molar-refractivity contribution in [3.8, 4) is 24.7 Å². The van der Waals surface area contributed by atoms with Crippen LogP contribution in [0.2, 0.25) is 10.0 Å². The maximum absolute atomic E-state index is 11.1. The summed E-state index contributed by atoms with van der Waals surface area (Å²) in [5.74, 6) is 4.71. The third-order valence-electron chi connectivity index (χ3n) is 3.95. The molecule has 0 fully saturated rings. The number of rotatable bonds is 0. The first kappa shape index (κ1) is 15.0. The highest BCUT2D eigenvalue weighted by Gasteiger charge is 2.50. The third-order valence-corrected chi connectivity index (χ3v) is 4.58. The molecule has 4 heteroatoms. The minimum absolute atomic E-state index is 0.203. The maximum Gasteiger partial charge on any atom is 0.178 e. The van der Waals surface area contributed by atoms with E-state index in [1.165, 1.54) is 0 Å². The summed E-state index contributed by atoms with van der Waals surface area (Å²) in [4.78, 5) is 0. The molecule has 0 heterocycles. The van der Waals surface area contributed by atoms with Gasteiger partial charge in [-0.15, -0.1) is 12.8 Å². The van der Waals surface area contributed by atoms with Crippen LogP contribution in [0.1, 0.15) is 22.3 Å². The molecular formula is C18H10Cl2O2. The van der Waals surface area contributed by atoms with Crippen molar-refractivity contribution in [2.45, 2.75) is 11.2 Å². The number of hydrogen-bond donors (Lipinski definition) is 2. The van der Waals surface area contributed by atoms with Gasteiger partial charge in [0.15, 0.2) is 11.2 Å². The summed E-state index contributed by atoms with van der Waals surface area (Å²) in [5, 5.41) is 22.6. The highest BCUT2D eigenvalue weighted by Crippen LogP contribution is 2.51. The third kappa shape index (κ3) is 1.67. The summed E-state index contributed by atoms with van der Waals surface area (Å²) < 4.78 is 0. The topological polar surface area (TPSA) is 40.5 Å². The second-order valence-corrected chi connectivity index (χ2v) is 5.85. The zero-order valence-corrected chi connectivity index (χ0v) is 12.8. The van der Waals surface area contributed by atoms with Crippen LogP contribution in [0, 0.1) is 24.7 Å². The second-order valence-electron chi connectivity index (χ2n) is 5.03. The maximum atomic E-state index is 11.1. The molecule has 0 spiro atoms. The Morgan fingerprint density at radius 1 is 0.773 bits per heavy atom. The van der Waals surface area contributed by atoms with Crippen molar-refractivity contribution in [1.82, 2.24) is 0 Å². The zero-order valence-electron chi connectivity index (χ0n) is 11.3. The first-order valence-electron chi connectivity index (χ1n) is 6.39. The second kappa shape index (κ2) is 4.78. The molecule has 3 rings (SSSR count). The van der Waals surface area contributed by atoms with Crippen LogP contribution in [0.4, 0.5) is 0 Å². The largest absolute Gasteiger partial charge is 0.369 e. The average molecular weight is 329 g/mol. The van der Waals surface area contributed by atoms with Gasteiger partial charge in [-0.3, -0.25) is 0 Å². The van der Waals surface area contributed by atoms with Crippen LogP contribution in [0.5, 0.6) is 0 Å². The summed E-state index contributed by atoms with van der Waals surface area (Å²) in [6.45, 7) is 0. The van der Waals surface area contributed by atoms with Crippen molar-refractivity contribution in [2.24, 2.45) is 0 Å². The van der Waals surface area contributed by atoms with Gasteiger partial charge in [0.05, 0.1) is 0 Å². The molecule has 0 unspecified atom stereocenters. The Morgan fingerprint density at radius 2 is 1.14 bits per heavy atom. The van der Waals surface area contributed by atoms with E-state index in [-0.39, 0.29) is 32.3 Å². The van der Waals surface area contributed by atoms with Gasteiger partial charge in [-0.1, -0.05) is 59.3 Å². The summed E-state index contributed by atoms with van der Waals surface area (Å²) in [6, 6.07) is 9.57. The Hall–Kier alpha value is -1.94. The van der Waals surface area contributed by atoms with Crippen molar-refractivity contribution in [2.75, 3.05) is 0 Å². The zero-order chi connectivity index (χ0) is 16.1. The molecule has 0 aliphatic heterocycles. The van der Waals surface area contributed by atoms with Crippen molar-refractivity contribution >= 4 is 23.2 Å². The Labute approximate surface area is 138 Å². The Balaban J connectivity index is 2.57. The summed E-state index contributed by atoms with van der Waals surface area (Å²) in [5.41, 5.74) is -2.73.